The van der Waals surface area contributed by atoms with Gasteiger partial charge in [0.1, 0.15) is 5.76 Å². The van der Waals surface area contributed by atoms with Crippen molar-refractivity contribution < 1.29 is 5.11 Å². The topological polar surface area (TPSA) is 46.2 Å². The molecule has 58 valence electrons. The molecule has 0 spiro atoms. The van der Waals surface area contributed by atoms with Crippen LogP contribution in [0.2, 0.25) is 0 Å². The first-order valence-corrected chi connectivity index (χ1v) is 3.34. The third-order valence-corrected chi connectivity index (χ3v) is 1.65. The zero-order valence-corrected chi connectivity index (χ0v) is 6.30. The molecule has 0 saturated carbocycles. The van der Waals surface area contributed by atoms with Crippen molar-refractivity contribution in [3.63, 3.8) is 0 Å². The fourth-order valence-electron chi connectivity index (χ4n) is 0.943. The van der Waals surface area contributed by atoms with Crippen LogP contribution in [0.25, 0.3) is 0 Å². The standard InChI is InChI=1S/C9H11NO/c1-6(10)8-3-4-9(5-8)7(2)11/h3-4,11H,1-2,5,10H2. The molecule has 3 N–H and O–H groups in total. The Bertz CT molecular complexity index is 243. The van der Waals surface area contributed by atoms with Gasteiger partial charge < -0.3 is 10.8 Å². The maximum absolute atomic E-state index is 8.99. The Hall–Kier alpha value is -1.44. The summed E-state index contributed by atoms with van der Waals surface area (Å²) in [5, 5.41) is 8.99. The van der Waals surface area contributed by atoms with Crippen LogP contribution in [0, 0.1) is 0 Å². The average Bonchev–Trinajstić information content (AvgIpc) is 2.33. The molecule has 2 nitrogen and oxygen atoms in total. The second-order valence-corrected chi connectivity index (χ2v) is 2.53. The fraction of sp³-hybridized carbons (Fsp3) is 0.111. The van der Waals surface area contributed by atoms with Crippen LogP contribution < -0.4 is 5.73 Å². The van der Waals surface area contributed by atoms with Crippen LogP contribution in [-0.4, -0.2) is 5.11 Å². The molecule has 11 heavy (non-hydrogen) atoms. The van der Waals surface area contributed by atoms with Crippen LogP contribution in [0.1, 0.15) is 6.42 Å². The van der Waals surface area contributed by atoms with E-state index in [9.17, 15) is 0 Å². The Morgan fingerprint density at radius 2 is 1.91 bits per heavy atom. The largest absolute Gasteiger partial charge is 0.508 e. The highest BCUT2D eigenvalue weighted by Crippen LogP contribution is 2.25. The van der Waals surface area contributed by atoms with Crippen LogP contribution in [0.4, 0.5) is 0 Å². The second kappa shape index (κ2) is 2.66. The van der Waals surface area contributed by atoms with E-state index >= 15 is 0 Å². The smallest absolute Gasteiger partial charge is 0.111 e. The molecule has 1 aliphatic rings. The van der Waals surface area contributed by atoms with Gasteiger partial charge in [0.2, 0.25) is 0 Å². The fourth-order valence-corrected chi connectivity index (χ4v) is 0.943. The van der Waals surface area contributed by atoms with Crippen molar-refractivity contribution >= 4 is 0 Å². The Morgan fingerprint density at radius 3 is 2.18 bits per heavy atom. The Balaban J connectivity index is 2.66. The molecule has 0 atom stereocenters. The van der Waals surface area contributed by atoms with E-state index in [2.05, 4.69) is 13.2 Å². The molecule has 0 saturated heterocycles. The summed E-state index contributed by atoms with van der Waals surface area (Å²) in [5.41, 5.74) is 7.77. The van der Waals surface area contributed by atoms with Crippen LogP contribution >= 0.6 is 0 Å². The van der Waals surface area contributed by atoms with Gasteiger partial charge in [0, 0.05) is 12.1 Å². The zero-order chi connectivity index (χ0) is 8.43. The maximum atomic E-state index is 8.99. The van der Waals surface area contributed by atoms with Gasteiger partial charge in [-0.1, -0.05) is 25.3 Å². The summed E-state index contributed by atoms with van der Waals surface area (Å²) in [6.07, 6.45) is 4.29. The van der Waals surface area contributed by atoms with Crippen molar-refractivity contribution in [1.29, 1.82) is 0 Å². The molecule has 0 aromatic heterocycles. The third-order valence-electron chi connectivity index (χ3n) is 1.65. The van der Waals surface area contributed by atoms with Crippen molar-refractivity contribution in [3.05, 3.63) is 47.9 Å². The van der Waals surface area contributed by atoms with Crippen molar-refractivity contribution in [2.75, 3.05) is 0 Å². The van der Waals surface area contributed by atoms with Crippen LogP contribution in [0.15, 0.2) is 47.9 Å². The molecule has 0 aromatic rings. The van der Waals surface area contributed by atoms with Gasteiger partial charge >= 0.3 is 0 Å². The highest BCUT2D eigenvalue weighted by molar-refractivity contribution is 5.45. The van der Waals surface area contributed by atoms with E-state index in [4.69, 9.17) is 10.8 Å². The first kappa shape index (κ1) is 7.66. The molecule has 0 aliphatic heterocycles. The molecule has 0 bridgehead atoms. The number of nitrogens with two attached hydrogens (primary N) is 1. The van der Waals surface area contributed by atoms with Gasteiger partial charge in [-0.25, -0.2) is 0 Å². The number of rotatable bonds is 2. The van der Waals surface area contributed by atoms with E-state index in [1.54, 1.807) is 6.08 Å². The minimum absolute atomic E-state index is 0.109. The predicted octanol–water partition coefficient (Wildman–Crippen LogP) is 1.79. The highest BCUT2D eigenvalue weighted by atomic mass is 16.3. The van der Waals surface area contributed by atoms with Gasteiger partial charge in [0.15, 0.2) is 0 Å². The highest BCUT2D eigenvalue weighted by Gasteiger charge is 2.10. The molecule has 0 fully saturated rings. The van der Waals surface area contributed by atoms with Crippen molar-refractivity contribution in [2.24, 2.45) is 5.73 Å². The van der Waals surface area contributed by atoms with Gasteiger partial charge in [0.25, 0.3) is 0 Å². The summed E-state index contributed by atoms with van der Waals surface area (Å²) < 4.78 is 0. The van der Waals surface area contributed by atoms with Crippen molar-refractivity contribution in [1.82, 2.24) is 0 Å². The van der Waals surface area contributed by atoms with E-state index in [0.29, 0.717) is 12.1 Å². The minimum Gasteiger partial charge on any atom is -0.508 e. The Morgan fingerprint density at radius 1 is 1.36 bits per heavy atom. The maximum Gasteiger partial charge on any atom is 0.111 e. The Labute approximate surface area is 66.0 Å². The number of allylic oxidation sites excluding steroid dienone is 4. The molecular formula is C9H11NO. The van der Waals surface area contributed by atoms with Gasteiger partial charge in [-0.3, -0.25) is 0 Å². The molecule has 0 aromatic carbocycles. The van der Waals surface area contributed by atoms with Crippen LogP contribution in [0.3, 0.4) is 0 Å². The third kappa shape index (κ3) is 1.52. The van der Waals surface area contributed by atoms with Crippen molar-refractivity contribution in [2.45, 2.75) is 6.42 Å². The van der Waals surface area contributed by atoms with Gasteiger partial charge in [0.05, 0.1) is 0 Å². The molecule has 0 heterocycles. The van der Waals surface area contributed by atoms with Gasteiger partial charge in [-0.05, 0) is 11.1 Å². The van der Waals surface area contributed by atoms with E-state index in [0.717, 1.165) is 11.1 Å². The zero-order valence-electron chi connectivity index (χ0n) is 6.30. The van der Waals surface area contributed by atoms with Crippen LogP contribution in [-0.2, 0) is 0 Å². The number of hydrogen-bond donors (Lipinski definition) is 2. The lowest BCUT2D eigenvalue weighted by molar-refractivity contribution is 0.424. The summed E-state index contributed by atoms with van der Waals surface area (Å²) in [5.74, 6) is 0.109. The minimum atomic E-state index is 0.109. The van der Waals surface area contributed by atoms with Crippen LogP contribution in [0.5, 0.6) is 0 Å². The molecule has 2 heteroatoms. The monoisotopic (exact) mass is 149 g/mol. The van der Waals surface area contributed by atoms with Crippen molar-refractivity contribution in [3.8, 4) is 0 Å². The summed E-state index contributed by atoms with van der Waals surface area (Å²) in [7, 11) is 0. The number of hydrogen-bond acceptors (Lipinski definition) is 2. The predicted molar refractivity (Wildman–Crippen MR) is 45.9 cm³/mol. The lowest BCUT2D eigenvalue weighted by Crippen LogP contribution is -1.98. The molecule has 0 amide bonds. The number of aliphatic hydroxyl groups excluding tert-OH is 1. The SMILES string of the molecule is C=C(N)C1=CC=C(C(=C)O)C1. The van der Waals surface area contributed by atoms with Gasteiger partial charge in [-0.15, -0.1) is 0 Å². The second-order valence-electron chi connectivity index (χ2n) is 2.53. The summed E-state index contributed by atoms with van der Waals surface area (Å²) in [4.78, 5) is 0. The number of aliphatic hydroxyl groups is 1. The van der Waals surface area contributed by atoms with Gasteiger partial charge in [-0.2, -0.15) is 0 Å². The molecule has 0 radical (unpaired) electrons. The first-order valence-electron chi connectivity index (χ1n) is 3.34. The molecule has 0 unspecified atom stereocenters. The lowest BCUT2D eigenvalue weighted by Gasteiger charge is -2.01. The van der Waals surface area contributed by atoms with E-state index in [1.807, 2.05) is 6.08 Å². The van der Waals surface area contributed by atoms with E-state index in [-0.39, 0.29) is 5.76 Å². The summed E-state index contributed by atoms with van der Waals surface area (Å²) in [6.45, 7) is 7.01. The quantitative estimate of drug-likeness (QED) is 0.588. The Kier molecular flexibility index (Phi) is 1.85. The molecule has 1 rings (SSSR count). The lowest BCUT2D eigenvalue weighted by atomic mass is 10.1. The normalized spacial score (nSPS) is 15.6. The molecule has 1 aliphatic carbocycles. The summed E-state index contributed by atoms with van der Waals surface area (Å²) in [6, 6.07) is 0. The average molecular weight is 149 g/mol. The molecular weight excluding hydrogens is 138 g/mol. The van der Waals surface area contributed by atoms with E-state index in [1.165, 1.54) is 0 Å². The summed E-state index contributed by atoms with van der Waals surface area (Å²) >= 11 is 0. The van der Waals surface area contributed by atoms with E-state index < -0.39 is 0 Å². The first-order chi connectivity index (χ1) is 5.11.